The van der Waals surface area contributed by atoms with Crippen molar-refractivity contribution >= 4 is 28.8 Å². The van der Waals surface area contributed by atoms with E-state index in [0.29, 0.717) is 13.1 Å². The van der Waals surface area contributed by atoms with Crippen molar-refractivity contribution in [3.8, 4) is 0 Å². The molecule has 0 radical (unpaired) electrons. The highest BCUT2D eigenvalue weighted by atomic mass is 32.2. The predicted molar refractivity (Wildman–Crippen MR) is 81.9 cm³/mol. The van der Waals surface area contributed by atoms with Gasteiger partial charge in [0, 0.05) is 32.9 Å². The Morgan fingerprint density at radius 3 is 2.76 bits per heavy atom. The molecule has 1 heterocycles. The minimum Gasteiger partial charge on any atom is -0.332 e. The van der Waals surface area contributed by atoms with Crippen molar-refractivity contribution in [3.05, 3.63) is 35.9 Å². The fourth-order valence-corrected chi connectivity index (χ4v) is 2.58. The lowest BCUT2D eigenvalue weighted by atomic mass is 10.2. The summed E-state index contributed by atoms with van der Waals surface area (Å²) in [4.78, 5) is 31.3. The number of carbonyl (C=O) groups is 2. The van der Waals surface area contributed by atoms with Gasteiger partial charge >= 0.3 is 6.09 Å². The van der Waals surface area contributed by atoms with E-state index < -0.39 is 6.09 Å². The van der Waals surface area contributed by atoms with Crippen LogP contribution >= 0.6 is 11.8 Å². The van der Waals surface area contributed by atoms with Crippen LogP contribution in [0.2, 0.25) is 0 Å². The van der Waals surface area contributed by atoms with E-state index in [1.807, 2.05) is 30.3 Å². The van der Waals surface area contributed by atoms with Crippen LogP contribution in [0, 0.1) is 0 Å². The third-order valence-electron chi connectivity index (χ3n) is 2.86. The van der Waals surface area contributed by atoms with Crippen LogP contribution in [-0.2, 0) is 16.2 Å². The first kappa shape index (κ1) is 15.4. The quantitative estimate of drug-likeness (QED) is 0.631. The lowest BCUT2D eigenvalue weighted by molar-refractivity contribution is -0.124. The zero-order valence-electron chi connectivity index (χ0n) is 12.0. The van der Waals surface area contributed by atoms with Crippen LogP contribution in [0.1, 0.15) is 5.56 Å². The van der Waals surface area contributed by atoms with Crippen LogP contribution in [0.25, 0.3) is 0 Å². The van der Waals surface area contributed by atoms with Gasteiger partial charge in [0.1, 0.15) is 0 Å². The molecule has 0 spiro atoms. The van der Waals surface area contributed by atoms with Crippen molar-refractivity contribution < 1.29 is 14.4 Å². The van der Waals surface area contributed by atoms with E-state index in [-0.39, 0.29) is 11.0 Å². The van der Waals surface area contributed by atoms with Crippen LogP contribution in [0.4, 0.5) is 4.79 Å². The number of rotatable bonds is 3. The maximum atomic E-state index is 12.3. The summed E-state index contributed by atoms with van der Waals surface area (Å²) in [6.45, 7) is 1.18. The Bertz CT molecular complexity index is 546. The molecule has 7 heteroatoms. The highest BCUT2D eigenvalue weighted by Gasteiger charge is 2.26. The first-order valence-electron chi connectivity index (χ1n) is 6.50. The zero-order valence-corrected chi connectivity index (χ0v) is 12.8. The first-order valence-corrected chi connectivity index (χ1v) is 7.49. The molecule has 0 N–H and O–H groups in total. The van der Waals surface area contributed by atoms with Crippen LogP contribution in [0.5, 0.6) is 0 Å². The molecular weight excluding hydrogens is 290 g/mol. The lowest BCUT2D eigenvalue weighted by Gasteiger charge is -2.26. The van der Waals surface area contributed by atoms with Gasteiger partial charge in [0.25, 0.3) is 5.91 Å². The lowest BCUT2D eigenvalue weighted by Crippen LogP contribution is -2.41. The standard InChI is InChI=1S/C14H17N3O3S/c1-16(2)14(19)20-15-12-13(18)17(8-9-21-12)10-11-6-4-3-5-7-11/h3-7H,8-10H2,1-2H3. The van der Waals surface area contributed by atoms with E-state index in [0.717, 1.165) is 11.3 Å². The number of nitrogens with zero attached hydrogens (tertiary/aromatic N) is 3. The Morgan fingerprint density at radius 2 is 2.10 bits per heavy atom. The number of benzene rings is 1. The van der Waals surface area contributed by atoms with Gasteiger partial charge in [-0.1, -0.05) is 47.2 Å². The van der Waals surface area contributed by atoms with E-state index in [2.05, 4.69) is 5.16 Å². The summed E-state index contributed by atoms with van der Waals surface area (Å²) in [5, 5.41) is 3.89. The van der Waals surface area contributed by atoms with Gasteiger partial charge in [0.2, 0.25) is 5.04 Å². The molecule has 1 aliphatic heterocycles. The third kappa shape index (κ3) is 4.22. The fourth-order valence-electron chi connectivity index (χ4n) is 1.73. The predicted octanol–water partition coefficient (Wildman–Crippen LogP) is 1.77. The monoisotopic (exact) mass is 307 g/mol. The summed E-state index contributed by atoms with van der Waals surface area (Å²) in [5.41, 5.74) is 1.06. The molecule has 0 saturated carbocycles. The molecule has 2 amide bonds. The van der Waals surface area contributed by atoms with Crippen LogP contribution in [-0.4, -0.2) is 53.2 Å². The van der Waals surface area contributed by atoms with Gasteiger partial charge in [-0.25, -0.2) is 4.79 Å². The van der Waals surface area contributed by atoms with Gasteiger partial charge in [-0.15, -0.1) is 0 Å². The number of thioether (sulfide) groups is 1. The Kier molecular flexibility index (Phi) is 5.21. The largest absolute Gasteiger partial charge is 0.435 e. The molecular formula is C14H17N3O3S. The summed E-state index contributed by atoms with van der Waals surface area (Å²) in [5.74, 6) is 0.526. The smallest absolute Gasteiger partial charge is 0.332 e. The van der Waals surface area contributed by atoms with Crippen molar-refractivity contribution in [1.82, 2.24) is 9.80 Å². The molecule has 112 valence electrons. The SMILES string of the molecule is CN(C)C(=O)ON=C1SCCN(Cc2ccccc2)C1=O. The van der Waals surface area contributed by atoms with Gasteiger partial charge in [-0.05, 0) is 5.56 Å². The number of hydrogen-bond donors (Lipinski definition) is 0. The molecule has 0 aromatic heterocycles. The molecule has 21 heavy (non-hydrogen) atoms. The second kappa shape index (κ2) is 7.12. The number of amides is 2. The molecule has 0 atom stereocenters. The Morgan fingerprint density at radius 1 is 1.38 bits per heavy atom. The zero-order chi connectivity index (χ0) is 15.2. The topological polar surface area (TPSA) is 62.2 Å². The second-order valence-electron chi connectivity index (χ2n) is 4.71. The molecule has 1 saturated heterocycles. The van der Waals surface area contributed by atoms with Gasteiger partial charge in [-0.2, -0.15) is 0 Å². The molecule has 1 aromatic carbocycles. The minimum atomic E-state index is -0.601. The number of hydrogen-bond acceptors (Lipinski definition) is 5. The van der Waals surface area contributed by atoms with Gasteiger partial charge in [0.05, 0.1) is 0 Å². The third-order valence-corrected chi connectivity index (χ3v) is 3.77. The van der Waals surface area contributed by atoms with E-state index >= 15 is 0 Å². The molecule has 0 aliphatic carbocycles. The van der Waals surface area contributed by atoms with Crippen molar-refractivity contribution in [3.63, 3.8) is 0 Å². The Labute approximate surface area is 127 Å². The molecule has 0 unspecified atom stereocenters. The highest BCUT2D eigenvalue weighted by molar-refractivity contribution is 8.15. The average Bonchev–Trinajstić information content (AvgIpc) is 2.48. The van der Waals surface area contributed by atoms with E-state index in [9.17, 15) is 9.59 Å². The maximum absolute atomic E-state index is 12.3. The van der Waals surface area contributed by atoms with E-state index in [1.54, 1.807) is 19.0 Å². The molecule has 0 bridgehead atoms. The average molecular weight is 307 g/mol. The van der Waals surface area contributed by atoms with Crippen molar-refractivity contribution in [2.75, 3.05) is 26.4 Å². The Hall–Kier alpha value is -2.02. The van der Waals surface area contributed by atoms with E-state index in [1.165, 1.54) is 16.7 Å². The van der Waals surface area contributed by atoms with E-state index in [4.69, 9.17) is 4.84 Å². The molecule has 6 nitrogen and oxygen atoms in total. The molecule has 1 aromatic rings. The first-order chi connectivity index (χ1) is 10.1. The minimum absolute atomic E-state index is 0.207. The second-order valence-corrected chi connectivity index (χ2v) is 5.79. The van der Waals surface area contributed by atoms with Gasteiger partial charge in [0.15, 0.2) is 0 Å². The number of carbonyl (C=O) groups excluding carboxylic acids is 2. The molecule has 1 fully saturated rings. The molecule has 1 aliphatic rings. The summed E-state index contributed by atoms with van der Waals surface area (Å²) in [6.07, 6.45) is -0.601. The van der Waals surface area contributed by atoms with Crippen molar-refractivity contribution in [2.45, 2.75) is 6.54 Å². The van der Waals surface area contributed by atoms with Gasteiger partial charge < -0.3 is 9.80 Å². The number of oxime groups is 1. The summed E-state index contributed by atoms with van der Waals surface area (Å²) < 4.78 is 0. The van der Waals surface area contributed by atoms with Gasteiger partial charge in [-0.3, -0.25) is 9.63 Å². The van der Waals surface area contributed by atoms with Crippen LogP contribution in [0.15, 0.2) is 35.5 Å². The highest BCUT2D eigenvalue weighted by Crippen LogP contribution is 2.17. The normalized spacial score (nSPS) is 17.0. The Balaban J connectivity index is 2.01. The summed E-state index contributed by atoms with van der Waals surface area (Å²) in [7, 11) is 3.11. The maximum Gasteiger partial charge on any atom is 0.435 e. The molecule has 2 rings (SSSR count). The van der Waals surface area contributed by atoms with Crippen molar-refractivity contribution in [1.29, 1.82) is 0 Å². The summed E-state index contributed by atoms with van der Waals surface area (Å²) in [6, 6.07) is 9.75. The summed E-state index contributed by atoms with van der Waals surface area (Å²) >= 11 is 1.30. The fraction of sp³-hybridized carbons (Fsp3) is 0.357. The van der Waals surface area contributed by atoms with Crippen molar-refractivity contribution in [2.24, 2.45) is 5.16 Å². The van der Waals surface area contributed by atoms with Crippen LogP contribution < -0.4 is 0 Å². The van der Waals surface area contributed by atoms with Crippen LogP contribution in [0.3, 0.4) is 0 Å².